The van der Waals surface area contributed by atoms with E-state index in [2.05, 4.69) is 13.8 Å². The van der Waals surface area contributed by atoms with Gasteiger partial charge in [0, 0.05) is 6.61 Å². The minimum absolute atomic E-state index is 0.0242. The molecule has 1 atom stereocenters. The van der Waals surface area contributed by atoms with E-state index in [1.807, 2.05) is 6.92 Å². The number of hydrogen-bond acceptors (Lipinski definition) is 3. The van der Waals surface area contributed by atoms with Gasteiger partial charge in [-0.05, 0) is 12.8 Å². The molecule has 0 spiro atoms. The van der Waals surface area contributed by atoms with Crippen LogP contribution in [0.2, 0.25) is 0 Å². The van der Waals surface area contributed by atoms with E-state index in [4.69, 9.17) is 9.47 Å². The van der Waals surface area contributed by atoms with Gasteiger partial charge in [0.15, 0.2) is 0 Å². The maximum Gasteiger partial charge on any atom is 0.308 e. The van der Waals surface area contributed by atoms with Gasteiger partial charge in [0.1, 0.15) is 6.61 Å². The molecular formula is C12H24O3. The van der Waals surface area contributed by atoms with Crippen molar-refractivity contribution in [2.75, 3.05) is 19.8 Å². The Morgan fingerprint density at radius 2 is 1.87 bits per heavy atom. The zero-order valence-electron chi connectivity index (χ0n) is 10.3. The van der Waals surface area contributed by atoms with E-state index in [-0.39, 0.29) is 11.9 Å². The second kappa shape index (κ2) is 9.97. The Hall–Kier alpha value is -0.570. The molecule has 0 N–H and O–H groups in total. The third kappa shape index (κ3) is 8.43. The third-order valence-corrected chi connectivity index (χ3v) is 2.21. The fraction of sp³-hybridized carbons (Fsp3) is 0.917. The van der Waals surface area contributed by atoms with Gasteiger partial charge in [-0.25, -0.2) is 0 Å². The normalized spacial score (nSPS) is 12.5. The summed E-state index contributed by atoms with van der Waals surface area (Å²) in [6.07, 6.45) is 4.13. The summed E-state index contributed by atoms with van der Waals surface area (Å²) < 4.78 is 10.3. The molecule has 3 heteroatoms. The summed E-state index contributed by atoms with van der Waals surface area (Å²) >= 11 is 0. The van der Waals surface area contributed by atoms with Crippen molar-refractivity contribution in [2.45, 2.75) is 46.5 Å². The highest BCUT2D eigenvalue weighted by molar-refractivity contribution is 5.71. The fourth-order valence-corrected chi connectivity index (χ4v) is 1.22. The van der Waals surface area contributed by atoms with Gasteiger partial charge >= 0.3 is 5.97 Å². The molecule has 0 aliphatic heterocycles. The molecule has 0 aromatic heterocycles. The molecule has 3 nitrogen and oxygen atoms in total. The molecule has 0 heterocycles. The Bertz CT molecular complexity index is 157. The maximum atomic E-state index is 11.4. The number of hydrogen-bond donors (Lipinski definition) is 0. The van der Waals surface area contributed by atoms with Crippen molar-refractivity contribution in [3.63, 3.8) is 0 Å². The van der Waals surface area contributed by atoms with Gasteiger partial charge in [-0.2, -0.15) is 0 Å². The molecule has 0 aliphatic carbocycles. The number of esters is 1. The average Bonchev–Trinajstić information content (AvgIpc) is 2.25. The van der Waals surface area contributed by atoms with Crippen molar-refractivity contribution in [3.8, 4) is 0 Å². The van der Waals surface area contributed by atoms with Gasteiger partial charge in [-0.3, -0.25) is 4.79 Å². The SMILES string of the molecule is CCCCC(C)C(=O)OCCOCCC. The number of carbonyl (C=O) groups excluding carboxylic acids is 1. The van der Waals surface area contributed by atoms with Crippen LogP contribution in [-0.4, -0.2) is 25.8 Å². The van der Waals surface area contributed by atoms with E-state index in [1.54, 1.807) is 0 Å². The molecule has 0 amide bonds. The van der Waals surface area contributed by atoms with Crippen molar-refractivity contribution in [2.24, 2.45) is 5.92 Å². The minimum atomic E-state index is -0.0939. The van der Waals surface area contributed by atoms with Gasteiger partial charge < -0.3 is 9.47 Å². The van der Waals surface area contributed by atoms with E-state index >= 15 is 0 Å². The highest BCUT2D eigenvalue weighted by Gasteiger charge is 2.12. The highest BCUT2D eigenvalue weighted by Crippen LogP contribution is 2.09. The smallest absolute Gasteiger partial charge is 0.308 e. The van der Waals surface area contributed by atoms with Crippen LogP contribution in [0.15, 0.2) is 0 Å². The molecule has 0 fully saturated rings. The maximum absolute atomic E-state index is 11.4. The predicted molar refractivity (Wildman–Crippen MR) is 60.8 cm³/mol. The predicted octanol–water partition coefficient (Wildman–Crippen LogP) is 2.78. The standard InChI is InChI=1S/C12H24O3/c1-4-6-7-11(3)12(13)15-10-9-14-8-5-2/h11H,4-10H2,1-3H3. The molecule has 0 aromatic carbocycles. The molecule has 15 heavy (non-hydrogen) atoms. The third-order valence-electron chi connectivity index (χ3n) is 2.21. The number of unbranched alkanes of at least 4 members (excludes halogenated alkanes) is 1. The van der Waals surface area contributed by atoms with Crippen LogP contribution in [0.5, 0.6) is 0 Å². The number of ether oxygens (including phenoxy) is 2. The Balaban J connectivity index is 3.38. The molecule has 1 unspecified atom stereocenters. The van der Waals surface area contributed by atoms with E-state index < -0.39 is 0 Å². The van der Waals surface area contributed by atoms with E-state index in [1.165, 1.54) is 0 Å². The minimum Gasteiger partial charge on any atom is -0.463 e. The lowest BCUT2D eigenvalue weighted by Crippen LogP contribution is -2.17. The molecule has 0 rings (SSSR count). The van der Waals surface area contributed by atoms with Gasteiger partial charge in [-0.15, -0.1) is 0 Å². The quantitative estimate of drug-likeness (QED) is 0.439. The van der Waals surface area contributed by atoms with Crippen LogP contribution in [-0.2, 0) is 14.3 Å². The van der Waals surface area contributed by atoms with Gasteiger partial charge in [-0.1, -0.05) is 33.6 Å². The first-order chi connectivity index (χ1) is 7.22. The van der Waals surface area contributed by atoms with E-state index in [0.717, 1.165) is 32.3 Å². The van der Waals surface area contributed by atoms with Crippen molar-refractivity contribution in [1.29, 1.82) is 0 Å². The van der Waals surface area contributed by atoms with Crippen molar-refractivity contribution in [3.05, 3.63) is 0 Å². The summed E-state index contributed by atoms with van der Waals surface area (Å²) in [7, 11) is 0. The summed E-state index contributed by atoms with van der Waals surface area (Å²) in [6, 6.07) is 0. The van der Waals surface area contributed by atoms with E-state index in [9.17, 15) is 4.79 Å². The lowest BCUT2D eigenvalue weighted by atomic mass is 10.1. The fourth-order valence-electron chi connectivity index (χ4n) is 1.22. The molecule has 0 bridgehead atoms. The van der Waals surface area contributed by atoms with Gasteiger partial charge in [0.05, 0.1) is 12.5 Å². The first-order valence-corrected chi connectivity index (χ1v) is 5.96. The molecule has 0 aromatic rings. The molecule has 0 saturated heterocycles. The summed E-state index contributed by atoms with van der Waals surface area (Å²) in [5.74, 6) is -0.0697. The Labute approximate surface area is 93.1 Å². The van der Waals surface area contributed by atoms with Crippen molar-refractivity contribution >= 4 is 5.97 Å². The van der Waals surface area contributed by atoms with Gasteiger partial charge in [0.2, 0.25) is 0 Å². The summed E-state index contributed by atoms with van der Waals surface area (Å²) in [5.41, 5.74) is 0. The summed E-state index contributed by atoms with van der Waals surface area (Å²) in [6.45, 7) is 7.73. The van der Waals surface area contributed by atoms with Crippen LogP contribution in [0.25, 0.3) is 0 Å². The molecule has 0 radical (unpaired) electrons. The van der Waals surface area contributed by atoms with E-state index in [0.29, 0.717) is 13.2 Å². The molecular weight excluding hydrogens is 192 g/mol. The summed E-state index contributed by atoms with van der Waals surface area (Å²) in [4.78, 5) is 11.4. The lowest BCUT2D eigenvalue weighted by molar-refractivity contribution is -0.149. The molecule has 90 valence electrons. The van der Waals surface area contributed by atoms with Crippen LogP contribution >= 0.6 is 0 Å². The number of carbonyl (C=O) groups is 1. The van der Waals surface area contributed by atoms with Crippen LogP contribution in [0.1, 0.15) is 46.5 Å². The van der Waals surface area contributed by atoms with Gasteiger partial charge in [0.25, 0.3) is 0 Å². The first-order valence-electron chi connectivity index (χ1n) is 5.96. The van der Waals surface area contributed by atoms with Crippen molar-refractivity contribution in [1.82, 2.24) is 0 Å². The first kappa shape index (κ1) is 14.4. The Morgan fingerprint density at radius 3 is 2.47 bits per heavy atom. The summed E-state index contributed by atoms with van der Waals surface area (Å²) in [5, 5.41) is 0. The number of rotatable bonds is 9. The van der Waals surface area contributed by atoms with Crippen LogP contribution in [0, 0.1) is 5.92 Å². The highest BCUT2D eigenvalue weighted by atomic mass is 16.6. The van der Waals surface area contributed by atoms with Crippen molar-refractivity contribution < 1.29 is 14.3 Å². The largest absolute Gasteiger partial charge is 0.463 e. The lowest BCUT2D eigenvalue weighted by Gasteiger charge is -2.10. The topological polar surface area (TPSA) is 35.5 Å². The zero-order valence-corrected chi connectivity index (χ0v) is 10.3. The zero-order chi connectivity index (χ0) is 11.5. The van der Waals surface area contributed by atoms with Crippen LogP contribution < -0.4 is 0 Å². The van der Waals surface area contributed by atoms with Crippen LogP contribution in [0.3, 0.4) is 0 Å². The average molecular weight is 216 g/mol. The second-order valence-corrected chi connectivity index (χ2v) is 3.82. The Morgan fingerprint density at radius 1 is 1.13 bits per heavy atom. The second-order valence-electron chi connectivity index (χ2n) is 3.82. The molecule has 0 aliphatic rings. The monoisotopic (exact) mass is 216 g/mol. The molecule has 0 saturated carbocycles. The Kier molecular flexibility index (Phi) is 9.59. The van der Waals surface area contributed by atoms with Crippen LogP contribution in [0.4, 0.5) is 0 Å².